The minimum absolute atomic E-state index is 0.0734. The highest BCUT2D eigenvalue weighted by atomic mass is 16.6. The van der Waals surface area contributed by atoms with Gasteiger partial charge in [-0.05, 0) is 18.1 Å². The number of amides is 1. The molecule has 0 saturated heterocycles. The van der Waals surface area contributed by atoms with E-state index in [0.717, 1.165) is 56.0 Å². The lowest BCUT2D eigenvalue weighted by Gasteiger charge is -2.45. The standard InChI is InChI=1S/C28H32N4O10/c1-38-24-20(22(27(36)41-4)28(37)42-5)19(21(25(34)39-2)26(35)40-3)15(11-29)13-32(24)23(33)17(30)10-14-12-31-18-9-7-6-8-16(14)18/h6-9,12-13,17,19-22,24,31H,10,30H2,1-5H3/t17-,19-,20-,24-/m0/s1. The first-order valence-electron chi connectivity index (χ1n) is 12.7. The summed E-state index contributed by atoms with van der Waals surface area (Å²) in [5.74, 6) is -12.0. The van der Waals surface area contributed by atoms with Crippen molar-refractivity contribution in [1.29, 1.82) is 5.26 Å². The number of H-pyrrole nitrogens is 1. The Hall–Kier alpha value is -4.74. The Labute approximate surface area is 241 Å². The summed E-state index contributed by atoms with van der Waals surface area (Å²) in [5.41, 5.74) is 7.62. The van der Waals surface area contributed by atoms with Gasteiger partial charge in [0.15, 0.2) is 11.8 Å². The Kier molecular flexibility index (Phi) is 10.4. The number of nitriles is 1. The summed E-state index contributed by atoms with van der Waals surface area (Å²) in [6, 6.07) is 8.11. The first kappa shape index (κ1) is 31.8. The third kappa shape index (κ3) is 5.97. The molecule has 14 heteroatoms. The largest absolute Gasteiger partial charge is 0.468 e. The Morgan fingerprint density at radius 1 is 0.929 bits per heavy atom. The molecule has 0 fully saturated rings. The zero-order valence-corrected chi connectivity index (χ0v) is 23.7. The summed E-state index contributed by atoms with van der Waals surface area (Å²) in [7, 11) is 5.23. The van der Waals surface area contributed by atoms with Crippen LogP contribution in [0.2, 0.25) is 0 Å². The maximum Gasteiger partial charge on any atom is 0.320 e. The number of ether oxygens (including phenoxy) is 5. The molecule has 0 saturated carbocycles. The Bertz CT molecular complexity index is 1400. The van der Waals surface area contributed by atoms with E-state index in [9.17, 15) is 29.2 Å². The molecule has 1 amide bonds. The SMILES string of the molecule is COC(=O)C(C(=O)OC)[C@@H]1[C@@H](C(C(=O)OC)C(=O)OC)C(C#N)=CN(C(=O)[C@@H](N)Cc2c[nH]c3ccccc23)[C@H]1OC. The van der Waals surface area contributed by atoms with Crippen LogP contribution in [0.3, 0.4) is 0 Å². The zero-order valence-electron chi connectivity index (χ0n) is 23.7. The van der Waals surface area contributed by atoms with Gasteiger partial charge in [0.1, 0.15) is 6.23 Å². The summed E-state index contributed by atoms with van der Waals surface area (Å²) in [5, 5.41) is 11.0. The fourth-order valence-electron chi connectivity index (χ4n) is 5.34. The second-order valence-corrected chi connectivity index (χ2v) is 9.39. The highest BCUT2D eigenvalue weighted by Gasteiger charge is 2.57. The van der Waals surface area contributed by atoms with Crippen LogP contribution in [-0.4, -0.2) is 87.5 Å². The molecule has 224 valence electrons. The second kappa shape index (κ2) is 13.7. The molecule has 3 rings (SSSR count). The van der Waals surface area contributed by atoms with E-state index in [0.29, 0.717) is 0 Å². The predicted octanol–water partition coefficient (Wildman–Crippen LogP) is 0.417. The van der Waals surface area contributed by atoms with Crippen molar-refractivity contribution in [2.45, 2.75) is 18.7 Å². The number of carbonyl (C=O) groups excluding carboxylic acids is 5. The van der Waals surface area contributed by atoms with Crippen LogP contribution in [0.5, 0.6) is 0 Å². The van der Waals surface area contributed by atoms with Gasteiger partial charge in [-0.3, -0.25) is 28.9 Å². The third-order valence-corrected chi connectivity index (χ3v) is 7.28. The van der Waals surface area contributed by atoms with Gasteiger partial charge in [0.2, 0.25) is 5.91 Å². The third-order valence-electron chi connectivity index (χ3n) is 7.28. The Morgan fingerprint density at radius 2 is 1.48 bits per heavy atom. The molecule has 3 N–H and O–H groups in total. The van der Waals surface area contributed by atoms with Crippen molar-refractivity contribution in [2.24, 2.45) is 29.4 Å². The van der Waals surface area contributed by atoms with Gasteiger partial charge in [0.05, 0.1) is 46.1 Å². The molecule has 2 aromatic rings. The van der Waals surface area contributed by atoms with Crippen molar-refractivity contribution >= 4 is 40.7 Å². The normalized spacial score (nSPS) is 19.1. The molecular formula is C28H32N4O10. The van der Waals surface area contributed by atoms with Gasteiger partial charge in [0.25, 0.3) is 0 Å². The predicted molar refractivity (Wildman–Crippen MR) is 143 cm³/mol. The molecule has 4 atom stereocenters. The van der Waals surface area contributed by atoms with Gasteiger partial charge in [-0.1, -0.05) is 18.2 Å². The molecule has 1 aromatic heterocycles. The van der Waals surface area contributed by atoms with E-state index in [2.05, 4.69) is 4.98 Å². The number of aromatic nitrogens is 1. The molecule has 1 aromatic carbocycles. The van der Waals surface area contributed by atoms with E-state index < -0.39 is 65.7 Å². The van der Waals surface area contributed by atoms with E-state index in [-0.39, 0.29) is 12.0 Å². The second-order valence-electron chi connectivity index (χ2n) is 9.39. The lowest BCUT2D eigenvalue weighted by atomic mass is 9.68. The maximum atomic E-state index is 13.8. The van der Waals surface area contributed by atoms with E-state index >= 15 is 0 Å². The molecule has 14 nitrogen and oxygen atoms in total. The topological polar surface area (TPSA) is 200 Å². The van der Waals surface area contributed by atoms with E-state index in [1.807, 2.05) is 30.3 Å². The van der Waals surface area contributed by atoms with Crippen molar-refractivity contribution in [2.75, 3.05) is 35.5 Å². The minimum Gasteiger partial charge on any atom is -0.468 e. The number of methoxy groups -OCH3 is 5. The summed E-state index contributed by atoms with van der Waals surface area (Å²) >= 11 is 0. The number of fused-ring (bicyclic) bond motifs is 1. The van der Waals surface area contributed by atoms with Gasteiger partial charge in [-0.25, -0.2) is 0 Å². The van der Waals surface area contributed by atoms with E-state index in [4.69, 9.17) is 29.4 Å². The molecular weight excluding hydrogens is 552 g/mol. The number of aromatic amines is 1. The van der Waals surface area contributed by atoms with Crippen molar-refractivity contribution in [3.05, 3.63) is 47.8 Å². The van der Waals surface area contributed by atoms with Crippen molar-refractivity contribution < 1.29 is 47.7 Å². The number of nitrogens with one attached hydrogen (secondary N) is 1. The summed E-state index contributed by atoms with van der Waals surface area (Å²) in [4.78, 5) is 69.7. The number of benzene rings is 1. The summed E-state index contributed by atoms with van der Waals surface area (Å²) < 4.78 is 24.9. The van der Waals surface area contributed by atoms with Gasteiger partial charge in [0, 0.05) is 42.2 Å². The van der Waals surface area contributed by atoms with Crippen molar-refractivity contribution in [1.82, 2.24) is 9.88 Å². The van der Waals surface area contributed by atoms with Crippen LogP contribution < -0.4 is 5.73 Å². The molecule has 0 radical (unpaired) electrons. The smallest absolute Gasteiger partial charge is 0.320 e. The van der Waals surface area contributed by atoms with Crippen LogP contribution in [0, 0.1) is 35.0 Å². The number of allylic oxidation sites excluding steroid dienone is 1. The van der Waals surface area contributed by atoms with Crippen LogP contribution in [0.4, 0.5) is 0 Å². The van der Waals surface area contributed by atoms with E-state index in [1.165, 1.54) is 7.11 Å². The Morgan fingerprint density at radius 3 is 2.00 bits per heavy atom. The number of nitrogens with two attached hydrogens (primary N) is 1. The number of rotatable bonds is 10. The van der Waals surface area contributed by atoms with Crippen LogP contribution in [0.1, 0.15) is 5.56 Å². The average molecular weight is 585 g/mol. The number of carbonyl (C=O) groups is 5. The van der Waals surface area contributed by atoms with Crippen LogP contribution >= 0.6 is 0 Å². The summed E-state index contributed by atoms with van der Waals surface area (Å²) in [6.07, 6.45) is 1.37. The maximum absolute atomic E-state index is 13.8. The number of esters is 4. The first-order chi connectivity index (χ1) is 20.1. The molecule has 0 spiro atoms. The fourth-order valence-corrected chi connectivity index (χ4v) is 5.34. The van der Waals surface area contributed by atoms with Crippen molar-refractivity contribution in [3.8, 4) is 6.07 Å². The highest BCUT2D eigenvalue weighted by Crippen LogP contribution is 2.43. The van der Waals surface area contributed by atoms with Crippen LogP contribution in [-0.2, 0) is 54.1 Å². The van der Waals surface area contributed by atoms with Crippen LogP contribution in [0.15, 0.2) is 42.2 Å². The molecule has 0 bridgehead atoms. The summed E-state index contributed by atoms with van der Waals surface area (Å²) in [6.45, 7) is 0. The quantitative estimate of drug-likeness (QED) is 0.222. The van der Waals surface area contributed by atoms with Gasteiger partial charge < -0.3 is 34.4 Å². The minimum atomic E-state index is -1.86. The number of hydrogen-bond donors (Lipinski definition) is 2. The average Bonchev–Trinajstić information content (AvgIpc) is 3.42. The van der Waals surface area contributed by atoms with Crippen LogP contribution in [0.25, 0.3) is 10.9 Å². The van der Waals surface area contributed by atoms with E-state index in [1.54, 1.807) is 6.20 Å². The zero-order chi connectivity index (χ0) is 31.1. The molecule has 0 unspecified atom stereocenters. The Balaban J connectivity index is 2.19. The fraction of sp³-hybridized carbons (Fsp3) is 0.429. The lowest BCUT2D eigenvalue weighted by molar-refractivity contribution is -0.182. The highest BCUT2D eigenvalue weighted by molar-refractivity contribution is 5.98. The monoisotopic (exact) mass is 584 g/mol. The molecule has 0 aliphatic carbocycles. The van der Waals surface area contributed by atoms with Gasteiger partial charge >= 0.3 is 23.9 Å². The lowest BCUT2D eigenvalue weighted by Crippen LogP contribution is -2.59. The number of para-hydroxylation sites is 1. The van der Waals surface area contributed by atoms with Gasteiger partial charge in [-0.15, -0.1) is 0 Å². The first-order valence-corrected chi connectivity index (χ1v) is 12.7. The molecule has 1 aliphatic rings. The molecule has 1 aliphatic heterocycles. The van der Waals surface area contributed by atoms with Gasteiger partial charge in [-0.2, -0.15) is 5.26 Å². The number of nitrogens with zero attached hydrogens (tertiary/aromatic N) is 2. The van der Waals surface area contributed by atoms with Crippen molar-refractivity contribution in [3.63, 3.8) is 0 Å². The molecule has 42 heavy (non-hydrogen) atoms. The molecule has 2 heterocycles. The number of hydrogen-bond acceptors (Lipinski definition) is 12.